The van der Waals surface area contributed by atoms with Gasteiger partial charge in [0, 0.05) is 11.1 Å². The van der Waals surface area contributed by atoms with Crippen molar-refractivity contribution in [3.63, 3.8) is 0 Å². The number of anilines is 1. The maximum Gasteiger partial charge on any atom is 0.147 e. The van der Waals surface area contributed by atoms with Gasteiger partial charge in [0.25, 0.3) is 0 Å². The Morgan fingerprint density at radius 3 is 2.48 bits per heavy atom. The van der Waals surface area contributed by atoms with Crippen LogP contribution in [0.4, 0.5) is 10.1 Å². The summed E-state index contributed by atoms with van der Waals surface area (Å²) in [6.07, 6.45) is 1.95. The van der Waals surface area contributed by atoms with Gasteiger partial charge < -0.3 is 5.32 Å². The molecule has 2 aromatic carbocycles. The molecule has 0 radical (unpaired) electrons. The molecule has 21 heavy (non-hydrogen) atoms. The van der Waals surface area contributed by atoms with Gasteiger partial charge in [0.2, 0.25) is 0 Å². The van der Waals surface area contributed by atoms with Crippen LogP contribution in [0.5, 0.6) is 0 Å². The van der Waals surface area contributed by atoms with E-state index in [1.807, 2.05) is 30.3 Å². The first-order valence-electron chi connectivity index (χ1n) is 6.87. The quantitative estimate of drug-likeness (QED) is 0.891. The van der Waals surface area contributed by atoms with Gasteiger partial charge in [-0.25, -0.2) is 4.39 Å². The summed E-state index contributed by atoms with van der Waals surface area (Å²) in [6.45, 7) is 0. The van der Waals surface area contributed by atoms with Gasteiger partial charge in [-0.05, 0) is 54.7 Å². The number of nitriles is 1. The second-order valence-corrected chi connectivity index (χ2v) is 5.80. The Hall–Kier alpha value is -2.05. The molecule has 2 nitrogen and oxygen atoms in total. The smallest absolute Gasteiger partial charge is 0.147 e. The molecular formula is C17H14ClFN2. The van der Waals surface area contributed by atoms with Crippen molar-refractivity contribution >= 4 is 17.3 Å². The molecule has 1 aliphatic carbocycles. The lowest BCUT2D eigenvalue weighted by Gasteiger charge is -2.37. The van der Waals surface area contributed by atoms with Gasteiger partial charge in [0.15, 0.2) is 0 Å². The molecule has 106 valence electrons. The van der Waals surface area contributed by atoms with E-state index in [9.17, 15) is 4.39 Å². The zero-order valence-corrected chi connectivity index (χ0v) is 12.1. The molecule has 4 heteroatoms. The van der Waals surface area contributed by atoms with Crippen molar-refractivity contribution in [3.05, 3.63) is 64.4 Å². The molecule has 1 fully saturated rings. The molecule has 0 unspecified atom stereocenters. The van der Waals surface area contributed by atoms with E-state index in [2.05, 4.69) is 5.32 Å². The normalized spacial score (nSPS) is 20.4. The van der Waals surface area contributed by atoms with E-state index in [1.165, 1.54) is 11.6 Å². The number of hydrogen-bond acceptors (Lipinski definition) is 2. The third-order valence-electron chi connectivity index (χ3n) is 3.94. The molecule has 1 N–H and O–H groups in total. The van der Waals surface area contributed by atoms with E-state index in [0.29, 0.717) is 17.2 Å². The first kappa shape index (κ1) is 13.9. The minimum atomic E-state index is -0.371. The van der Waals surface area contributed by atoms with Crippen LogP contribution < -0.4 is 5.32 Å². The van der Waals surface area contributed by atoms with Crippen LogP contribution in [0.25, 0.3) is 0 Å². The van der Waals surface area contributed by atoms with Gasteiger partial charge in [-0.3, -0.25) is 0 Å². The minimum absolute atomic E-state index is 0.271. The average Bonchev–Trinajstić information content (AvgIpc) is 2.45. The molecule has 0 aromatic heterocycles. The second kappa shape index (κ2) is 5.75. The highest BCUT2D eigenvalue weighted by atomic mass is 35.5. The van der Waals surface area contributed by atoms with Gasteiger partial charge >= 0.3 is 0 Å². The molecule has 0 heterocycles. The third-order valence-corrected chi connectivity index (χ3v) is 4.19. The summed E-state index contributed by atoms with van der Waals surface area (Å²) < 4.78 is 13.8. The van der Waals surface area contributed by atoms with E-state index in [4.69, 9.17) is 16.9 Å². The van der Waals surface area contributed by atoms with Crippen molar-refractivity contribution in [2.45, 2.75) is 24.8 Å². The maximum absolute atomic E-state index is 13.8. The van der Waals surface area contributed by atoms with Crippen molar-refractivity contribution in [1.82, 2.24) is 0 Å². The fourth-order valence-corrected chi connectivity index (χ4v) is 2.79. The van der Waals surface area contributed by atoms with Crippen LogP contribution in [0, 0.1) is 17.1 Å². The minimum Gasteiger partial charge on any atom is -0.380 e. The van der Waals surface area contributed by atoms with E-state index in [1.54, 1.807) is 12.1 Å². The number of nitrogens with zero attached hydrogens (tertiary/aromatic N) is 1. The average molecular weight is 301 g/mol. The van der Waals surface area contributed by atoms with E-state index < -0.39 is 0 Å². The van der Waals surface area contributed by atoms with Crippen LogP contribution in [-0.2, 0) is 0 Å². The largest absolute Gasteiger partial charge is 0.380 e. The highest BCUT2D eigenvalue weighted by molar-refractivity contribution is 6.30. The monoisotopic (exact) mass is 300 g/mol. The predicted molar refractivity (Wildman–Crippen MR) is 82.0 cm³/mol. The van der Waals surface area contributed by atoms with Gasteiger partial charge in [0.1, 0.15) is 5.82 Å². The van der Waals surface area contributed by atoms with Crippen molar-refractivity contribution in [3.8, 4) is 6.07 Å². The fraction of sp³-hybridized carbons (Fsp3) is 0.235. The summed E-state index contributed by atoms with van der Waals surface area (Å²) in [7, 11) is 0. The number of rotatable bonds is 3. The van der Waals surface area contributed by atoms with Crippen LogP contribution >= 0.6 is 11.6 Å². The van der Waals surface area contributed by atoms with Crippen molar-refractivity contribution in [1.29, 1.82) is 5.26 Å². The highest BCUT2D eigenvalue weighted by Gasteiger charge is 2.30. The molecule has 0 bridgehead atoms. The first-order valence-corrected chi connectivity index (χ1v) is 7.25. The van der Waals surface area contributed by atoms with Gasteiger partial charge in [0.05, 0.1) is 17.3 Å². The predicted octanol–water partition coefficient (Wildman–Crippen LogP) is 4.71. The van der Waals surface area contributed by atoms with Crippen molar-refractivity contribution in [2.24, 2.45) is 0 Å². The zero-order valence-electron chi connectivity index (χ0n) is 11.3. The lowest BCUT2D eigenvalue weighted by Crippen LogP contribution is -2.34. The number of hydrogen-bond donors (Lipinski definition) is 1. The Bertz CT molecular complexity index is 685. The first-order chi connectivity index (χ1) is 10.2. The zero-order chi connectivity index (χ0) is 14.8. The molecule has 3 rings (SSSR count). The summed E-state index contributed by atoms with van der Waals surface area (Å²) >= 11 is 5.88. The Kier molecular flexibility index (Phi) is 3.81. The van der Waals surface area contributed by atoms with Crippen LogP contribution in [0.1, 0.15) is 29.9 Å². The Labute approximate surface area is 128 Å². The van der Waals surface area contributed by atoms with Crippen molar-refractivity contribution in [2.75, 3.05) is 5.32 Å². The van der Waals surface area contributed by atoms with Gasteiger partial charge in [-0.1, -0.05) is 23.7 Å². The lowest BCUT2D eigenvalue weighted by atomic mass is 9.76. The summed E-state index contributed by atoms with van der Waals surface area (Å²) in [5.74, 6) is 0.130. The standard InChI is InChI=1S/C17H14ClFN2/c18-14-4-2-12(3-5-14)13-8-15(9-13)21-17-6-1-11(10-20)7-16(17)19/h1-7,13,15,21H,8-9H2. The topological polar surface area (TPSA) is 35.8 Å². The summed E-state index contributed by atoms with van der Waals surface area (Å²) in [5, 5.41) is 12.7. The molecular weight excluding hydrogens is 287 g/mol. The Balaban J connectivity index is 1.60. The maximum atomic E-state index is 13.8. The lowest BCUT2D eigenvalue weighted by molar-refractivity contribution is 0.373. The molecule has 0 amide bonds. The molecule has 1 saturated carbocycles. The van der Waals surface area contributed by atoms with E-state index in [0.717, 1.165) is 17.9 Å². The van der Waals surface area contributed by atoms with Gasteiger partial charge in [-0.2, -0.15) is 5.26 Å². The SMILES string of the molecule is N#Cc1ccc(NC2CC(c3ccc(Cl)cc3)C2)c(F)c1. The number of nitrogens with one attached hydrogen (secondary N) is 1. The summed E-state index contributed by atoms with van der Waals surface area (Å²) in [5.41, 5.74) is 2.08. The Morgan fingerprint density at radius 1 is 1.14 bits per heavy atom. The van der Waals surface area contributed by atoms with Crippen molar-refractivity contribution < 1.29 is 4.39 Å². The fourth-order valence-electron chi connectivity index (χ4n) is 2.66. The molecule has 0 spiro atoms. The summed E-state index contributed by atoms with van der Waals surface area (Å²) in [4.78, 5) is 0. The number of benzene rings is 2. The Morgan fingerprint density at radius 2 is 1.86 bits per heavy atom. The van der Waals surface area contributed by atoms with E-state index >= 15 is 0 Å². The molecule has 0 aliphatic heterocycles. The highest BCUT2D eigenvalue weighted by Crippen LogP contribution is 2.39. The van der Waals surface area contributed by atoms with Gasteiger partial charge in [-0.15, -0.1) is 0 Å². The van der Waals surface area contributed by atoms with Crippen LogP contribution in [0.2, 0.25) is 5.02 Å². The van der Waals surface area contributed by atoms with Crippen LogP contribution in [0.15, 0.2) is 42.5 Å². The molecule has 1 aliphatic rings. The third kappa shape index (κ3) is 3.01. The van der Waals surface area contributed by atoms with E-state index in [-0.39, 0.29) is 11.9 Å². The number of halogens is 2. The second-order valence-electron chi connectivity index (χ2n) is 5.37. The van der Waals surface area contributed by atoms with Crippen LogP contribution in [-0.4, -0.2) is 6.04 Å². The summed E-state index contributed by atoms with van der Waals surface area (Å²) in [6, 6.07) is 14.6. The molecule has 0 atom stereocenters. The van der Waals surface area contributed by atoms with Crippen LogP contribution in [0.3, 0.4) is 0 Å². The molecule has 0 saturated heterocycles. The molecule has 2 aromatic rings.